The number of aryl methyl sites for hydroxylation is 3. The van der Waals surface area contributed by atoms with Crippen molar-refractivity contribution in [2.75, 3.05) is 11.9 Å². The van der Waals surface area contributed by atoms with Crippen LogP contribution in [0.4, 0.5) is 5.95 Å². The highest BCUT2D eigenvalue weighted by Gasteiger charge is 2.05. The Morgan fingerprint density at radius 1 is 1.50 bits per heavy atom. The highest BCUT2D eigenvalue weighted by Crippen LogP contribution is 2.11. The van der Waals surface area contributed by atoms with E-state index in [1.807, 2.05) is 18.5 Å². The fourth-order valence-electron chi connectivity index (χ4n) is 1.61. The maximum absolute atomic E-state index is 4.44. The average molecular weight is 236 g/mol. The Labute approximate surface area is 99.4 Å². The summed E-state index contributed by atoms with van der Waals surface area (Å²) in [5.74, 6) is 0.955. The van der Waals surface area contributed by atoms with E-state index in [1.165, 1.54) is 5.01 Å². The van der Waals surface area contributed by atoms with Crippen LogP contribution in [0.1, 0.15) is 17.6 Å². The molecule has 0 saturated carbocycles. The van der Waals surface area contributed by atoms with Crippen LogP contribution in [0.25, 0.3) is 0 Å². The lowest BCUT2D eigenvalue weighted by molar-refractivity contribution is 0.697. The second-order valence-electron chi connectivity index (χ2n) is 3.61. The van der Waals surface area contributed by atoms with Gasteiger partial charge in [-0.25, -0.2) is 9.97 Å². The van der Waals surface area contributed by atoms with Crippen molar-refractivity contribution in [2.24, 2.45) is 0 Å². The molecule has 0 fully saturated rings. The predicted octanol–water partition coefficient (Wildman–Crippen LogP) is 2.32. The second-order valence-corrected chi connectivity index (χ2v) is 4.58. The lowest BCUT2D eigenvalue weighted by Crippen LogP contribution is -2.07. The molecular formula is C11H16N4S. The number of anilines is 1. The van der Waals surface area contributed by atoms with Gasteiger partial charge in [-0.1, -0.05) is 0 Å². The third kappa shape index (κ3) is 2.61. The van der Waals surface area contributed by atoms with Crippen LogP contribution < -0.4 is 5.32 Å². The van der Waals surface area contributed by atoms with E-state index in [4.69, 9.17) is 0 Å². The predicted molar refractivity (Wildman–Crippen MR) is 66.9 cm³/mol. The number of rotatable bonds is 5. The Morgan fingerprint density at radius 3 is 3.06 bits per heavy atom. The van der Waals surface area contributed by atoms with Crippen molar-refractivity contribution in [3.05, 3.63) is 28.5 Å². The normalized spacial score (nSPS) is 10.6. The topological polar surface area (TPSA) is 42.7 Å². The second kappa shape index (κ2) is 5.12. The summed E-state index contributed by atoms with van der Waals surface area (Å²) >= 11 is 1.70. The van der Waals surface area contributed by atoms with E-state index in [1.54, 1.807) is 11.3 Å². The summed E-state index contributed by atoms with van der Waals surface area (Å²) in [4.78, 5) is 8.71. The number of thiazole rings is 1. The molecule has 1 N–H and O–H groups in total. The van der Waals surface area contributed by atoms with Crippen LogP contribution in [-0.4, -0.2) is 21.1 Å². The summed E-state index contributed by atoms with van der Waals surface area (Å²) in [5, 5.41) is 6.45. The van der Waals surface area contributed by atoms with Crippen LogP contribution >= 0.6 is 11.3 Å². The largest absolute Gasteiger partial charge is 0.356 e. The van der Waals surface area contributed by atoms with Crippen LogP contribution in [0.2, 0.25) is 0 Å². The molecule has 0 aliphatic heterocycles. The van der Waals surface area contributed by atoms with Crippen molar-refractivity contribution < 1.29 is 0 Å². The van der Waals surface area contributed by atoms with Gasteiger partial charge in [0.15, 0.2) is 0 Å². The number of aromatic nitrogens is 3. The van der Waals surface area contributed by atoms with Crippen molar-refractivity contribution in [1.82, 2.24) is 14.5 Å². The molecule has 0 bridgehead atoms. The van der Waals surface area contributed by atoms with E-state index in [-0.39, 0.29) is 0 Å². The minimum Gasteiger partial charge on any atom is -0.356 e. The van der Waals surface area contributed by atoms with E-state index in [0.717, 1.165) is 31.2 Å². The first kappa shape index (κ1) is 11.1. The average Bonchev–Trinajstić information content (AvgIpc) is 2.86. The van der Waals surface area contributed by atoms with Gasteiger partial charge in [-0.3, -0.25) is 0 Å². The third-order valence-corrected chi connectivity index (χ3v) is 3.12. The fourth-order valence-corrected chi connectivity index (χ4v) is 2.22. The summed E-state index contributed by atoms with van der Waals surface area (Å²) in [6, 6.07) is 0. The number of imidazole rings is 1. The van der Waals surface area contributed by atoms with E-state index >= 15 is 0 Å². The van der Waals surface area contributed by atoms with Crippen LogP contribution in [0.5, 0.6) is 0 Å². The minimum absolute atomic E-state index is 0.897. The molecule has 0 saturated heterocycles. The van der Waals surface area contributed by atoms with Crippen molar-refractivity contribution in [2.45, 2.75) is 26.8 Å². The lowest BCUT2D eigenvalue weighted by Gasteiger charge is -2.06. The van der Waals surface area contributed by atoms with Crippen LogP contribution in [0, 0.1) is 6.92 Å². The third-order valence-electron chi connectivity index (χ3n) is 2.28. The highest BCUT2D eigenvalue weighted by molar-refractivity contribution is 7.09. The van der Waals surface area contributed by atoms with Crippen LogP contribution in [0.15, 0.2) is 17.8 Å². The van der Waals surface area contributed by atoms with Gasteiger partial charge in [0.05, 0.1) is 10.7 Å². The molecule has 0 unspecified atom stereocenters. The molecule has 0 aliphatic carbocycles. The Balaban J connectivity index is 2.02. The molecule has 16 heavy (non-hydrogen) atoms. The van der Waals surface area contributed by atoms with Gasteiger partial charge in [-0.2, -0.15) is 0 Å². The van der Waals surface area contributed by atoms with E-state index in [9.17, 15) is 0 Å². The van der Waals surface area contributed by atoms with Crippen molar-refractivity contribution >= 4 is 17.3 Å². The van der Waals surface area contributed by atoms with Gasteiger partial charge in [0.2, 0.25) is 5.95 Å². The van der Waals surface area contributed by atoms with Gasteiger partial charge in [0, 0.05) is 37.3 Å². The van der Waals surface area contributed by atoms with Gasteiger partial charge in [-0.15, -0.1) is 11.3 Å². The van der Waals surface area contributed by atoms with Gasteiger partial charge >= 0.3 is 0 Å². The number of hydrogen-bond donors (Lipinski definition) is 1. The molecule has 2 rings (SSSR count). The Morgan fingerprint density at radius 2 is 2.38 bits per heavy atom. The van der Waals surface area contributed by atoms with E-state index < -0.39 is 0 Å². The molecule has 0 amide bonds. The van der Waals surface area contributed by atoms with Gasteiger partial charge in [-0.05, 0) is 13.8 Å². The molecule has 2 aromatic heterocycles. The van der Waals surface area contributed by atoms with Crippen molar-refractivity contribution in [3.8, 4) is 0 Å². The Bertz CT molecular complexity index is 433. The fraction of sp³-hybridized carbons (Fsp3) is 0.455. The smallest absolute Gasteiger partial charge is 0.203 e. The molecule has 2 aromatic rings. The standard InChI is InChI=1S/C11H16N4S/c1-3-12-11-14-9(2)8-15(11)6-4-10-13-5-7-16-10/h5,7-8H,3-4,6H2,1-2H3,(H,12,14). The molecule has 0 spiro atoms. The molecule has 5 heteroatoms. The summed E-state index contributed by atoms with van der Waals surface area (Å²) in [6.07, 6.45) is 4.89. The Kier molecular flexibility index (Phi) is 3.56. The molecule has 0 aliphatic rings. The maximum Gasteiger partial charge on any atom is 0.203 e. The summed E-state index contributed by atoms with van der Waals surface area (Å²) in [5.41, 5.74) is 1.05. The van der Waals surface area contributed by atoms with Crippen LogP contribution in [0.3, 0.4) is 0 Å². The molecule has 0 aromatic carbocycles. The zero-order valence-electron chi connectivity index (χ0n) is 9.60. The van der Waals surface area contributed by atoms with Gasteiger partial charge < -0.3 is 9.88 Å². The zero-order chi connectivity index (χ0) is 11.4. The Hall–Kier alpha value is -1.36. The van der Waals surface area contributed by atoms with E-state index in [2.05, 4.69) is 33.0 Å². The summed E-state index contributed by atoms with van der Waals surface area (Å²) in [7, 11) is 0. The first-order valence-corrected chi connectivity index (χ1v) is 6.33. The monoisotopic (exact) mass is 236 g/mol. The lowest BCUT2D eigenvalue weighted by atomic mass is 10.4. The van der Waals surface area contributed by atoms with Gasteiger partial charge in [0.25, 0.3) is 0 Å². The van der Waals surface area contributed by atoms with Crippen molar-refractivity contribution in [1.29, 1.82) is 0 Å². The first-order valence-electron chi connectivity index (χ1n) is 5.45. The molecule has 0 atom stereocenters. The number of nitrogens with one attached hydrogen (secondary N) is 1. The summed E-state index contributed by atoms with van der Waals surface area (Å²) in [6.45, 7) is 5.92. The molecule has 2 heterocycles. The molecule has 86 valence electrons. The van der Waals surface area contributed by atoms with Crippen molar-refractivity contribution in [3.63, 3.8) is 0 Å². The zero-order valence-corrected chi connectivity index (χ0v) is 10.4. The quantitative estimate of drug-likeness (QED) is 0.866. The minimum atomic E-state index is 0.897. The number of hydrogen-bond acceptors (Lipinski definition) is 4. The van der Waals surface area contributed by atoms with Crippen LogP contribution in [-0.2, 0) is 13.0 Å². The number of nitrogens with zero attached hydrogens (tertiary/aromatic N) is 3. The van der Waals surface area contributed by atoms with E-state index in [0.29, 0.717) is 0 Å². The first-order chi connectivity index (χ1) is 7.79. The molecule has 0 radical (unpaired) electrons. The molecule has 4 nitrogen and oxygen atoms in total. The highest BCUT2D eigenvalue weighted by atomic mass is 32.1. The maximum atomic E-state index is 4.44. The summed E-state index contributed by atoms with van der Waals surface area (Å²) < 4.78 is 2.15. The van der Waals surface area contributed by atoms with Gasteiger partial charge in [0.1, 0.15) is 0 Å². The molecular weight excluding hydrogens is 220 g/mol. The SMILES string of the molecule is CCNc1nc(C)cn1CCc1nccs1.